The number of carbonyl (C=O) groups excluding carboxylic acids is 1. The van der Waals surface area contributed by atoms with E-state index in [0.29, 0.717) is 34.8 Å². The Labute approximate surface area is 239 Å². The van der Waals surface area contributed by atoms with Gasteiger partial charge >= 0.3 is 0 Å². The highest BCUT2D eigenvalue weighted by Gasteiger charge is 2.25. The molecule has 1 aliphatic rings. The molecule has 2 aromatic heterocycles. The molecule has 8 heteroatoms. The van der Waals surface area contributed by atoms with Crippen LogP contribution in [0.5, 0.6) is 5.75 Å². The molecule has 1 fully saturated rings. The predicted molar refractivity (Wildman–Crippen MR) is 162 cm³/mol. The number of hydrogen-bond donors (Lipinski definition) is 1. The fraction of sp³-hybridized carbons (Fsp3) is 0.303. The summed E-state index contributed by atoms with van der Waals surface area (Å²) in [5, 5.41) is 9.23. The van der Waals surface area contributed by atoms with E-state index in [-0.39, 0.29) is 17.2 Å². The lowest BCUT2D eigenvalue weighted by atomic mass is 9.96. The number of benzene rings is 3. The molecular weight excluding hydrogens is 514 g/mol. The number of likely N-dealkylation sites (tertiary alicyclic amines) is 1. The summed E-state index contributed by atoms with van der Waals surface area (Å²) >= 11 is 0. The number of nitrogens with one attached hydrogen (secondary N) is 1. The molecule has 41 heavy (non-hydrogen) atoms. The van der Waals surface area contributed by atoms with Gasteiger partial charge in [0, 0.05) is 36.4 Å². The molecule has 0 aliphatic carbocycles. The number of piperidine rings is 1. The maximum Gasteiger partial charge on any atom is 0.296 e. The van der Waals surface area contributed by atoms with Crippen LogP contribution in [0.4, 0.5) is 0 Å². The Bertz CT molecular complexity index is 1780. The smallest absolute Gasteiger partial charge is 0.296 e. The minimum absolute atomic E-state index is 0.254. The lowest BCUT2D eigenvalue weighted by Gasteiger charge is -2.32. The van der Waals surface area contributed by atoms with Gasteiger partial charge in [-0.05, 0) is 74.7 Å². The van der Waals surface area contributed by atoms with Crippen LogP contribution < -0.4 is 15.6 Å². The summed E-state index contributed by atoms with van der Waals surface area (Å²) < 4.78 is 8.45. The second-order valence-electron chi connectivity index (χ2n) is 11.0. The van der Waals surface area contributed by atoms with Crippen molar-refractivity contribution in [2.45, 2.75) is 26.3 Å². The number of ether oxygens (including phenoxy) is 1. The molecule has 0 unspecified atom stereocenters. The third-order valence-electron chi connectivity index (χ3n) is 8.22. The number of nitrogens with zero attached hydrogens (tertiary/aromatic N) is 4. The van der Waals surface area contributed by atoms with Crippen LogP contribution in [0.3, 0.4) is 0 Å². The van der Waals surface area contributed by atoms with Crippen LogP contribution in [0.1, 0.15) is 34.5 Å². The van der Waals surface area contributed by atoms with Crippen LogP contribution in [0.2, 0.25) is 0 Å². The third-order valence-corrected chi connectivity index (χ3v) is 8.22. The van der Waals surface area contributed by atoms with E-state index in [2.05, 4.69) is 46.5 Å². The molecule has 5 aromatic rings. The zero-order valence-electron chi connectivity index (χ0n) is 23.8. The number of hydrogen-bond acceptors (Lipinski definition) is 5. The lowest BCUT2D eigenvalue weighted by molar-refractivity contribution is 0.0930. The number of fused-ring (bicyclic) bond motifs is 3. The Balaban J connectivity index is 1.25. The summed E-state index contributed by atoms with van der Waals surface area (Å²) in [6.45, 7) is 5.66. The summed E-state index contributed by atoms with van der Waals surface area (Å²) in [7, 11) is 3.45. The van der Waals surface area contributed by atoms with Crippen molar-refractivity contribution in [3.8, 4) is 11.4 Å². The highest BCUT2D eigenvalue weighted by molar-refractivity contribution is 6.16. The predicted octanol–water partition coefficient (Wildman–Crippen LogP) is 4.84. The van der Waals surface area contributed by atoms with Gasteiger partial charge in [0.2, 0.25) is 0 Å². The summed E-state index contributed by atoms with van der Waals surface area (Å²) in [5.41, 5.74) is 4.50. The number of para-hydroxylation sites is 1. The van der Waals surface area contributed by atoms with Gasteiger partial charge in [0.25, 0.3) is 11.5 Å². The van der Waals surface area contributed by atoms with E-state index in [1.807, 2.05) is 35.9 Å². The van der Waals surface area contributed by atoms with Gasteiger partial charge in [-0.1, -0.05) is 48.0 Å². The van der Waals surface area contributed by atoms with Gasteiger partial charge in [-0.3, -0.25) is 14.5 Å². The molecular formula is C33H35N5O3. The second kappa shape index (κ2) is 11.2. The van der Waals surface area contributed by atoms with Gasteiger partial charge in [-0.2, -0.15) is 9.78 Å². The second-order valence-corrected chi connectivity index (χ2v) is 11.0. The van der Waals surface area contributed by atoms with E-state index in [1.54, 1.807) is 31.4 Å². The van der Waals surface area contributed by atoms with Crippen molar-refractivity contribution in [3.63, 3.8) is 0 Å². The monoisotopic (exact) mass is 549 g/mol. The maximum atomic E-state index is 13.8. The molecule has 3 aromatic carbocycles. The highest BCUT2D eigenvalue weighted by Crippen LogP contribution is 2.29. The van der Waals surface area contributed by atoms with Crippen molar-refractivity contribution in [1.82, 2.24) is 24.6 Å². The van der Waals surface area contributed by atoms with Gasteiger partial charge in [0.15, 0.2) is 5.69 Å². The molecule has 1 amide bonds. The molecule has 8 nitrogen and oxygen atoms in total. The SMILES string of the molecule is COc1ccc(-n2nc(C(=O)NCC3CCN(Cc4cccc(C)c4)CC3)c3c4ccccc4n(C)c3c2=O)cc1. The fourth-order valence-corrected chi connectivity index (χ4v) is 5.97. The van der Waals surface area contributed by atoms with Crippen LogP contribution >= 0.6 is 0 Å². The first-order valence-electron chi connectivity index (χ1n) is 14.1. The van der Waals surface area contributed by atoms with Crippen LogP contribution in [-0.2, 0) is 13.6 Å². The van der Waals surface area contributed by atoms with Crippen LogP contribution in [0.25, 0.3) is 27.5 Å². The zero-order chi connectivity index (χ0) is 28.5. The molecule has 1 saturated heterocycles. The van der Waals surface area contributed by atoms with Gasteiger partial charge in [-0.25, -0.2) is 0 Å². The van der Waals surface area contributed by atoms with E-state index >= 15 is 0 Å². The summed E-state index contributed by atoms with van der Waals surface area (Å²) in [5.74, 6) is 0.800. The molecule has 0 saturated carbocycles. The first kappa shape index (κ1) is 26.8. The van der Waals surface area contributed by atoms with Crippen molar-refractivity contribution < 1.29 is 9.53 Å². The van der Waals surface area contributed by atoms with E-state index < -0.39 is 0 Å². The minimum Gasteiger partial charge on any atom is -0.497 e. The molecule has 3 heterocycles. The standard InChI is InChI=1S/C33H35N5O3/c1-22-7-6-8-24(19-22)21-37-17-15-23(16-18-37)20-34-32(39)30-29-27-9-4-5-10-28(27)36(2)31(29)33(40)38(35-30)25-11-13-26(41-3)14-12-25/h4-14,19,23H,15-18,20-21H2,1-3H3,(H,34,39). The van der Waals surface area contributed by atoms with Gasteiger partial charge < -0.3 is 14.6 Å². The third kappa shape index (κ3) is 5.23. The average molecular weight is 550 g/mol. The molecule has 1 N–H and O–H groups in total. The van der Waals surface area contributed by atoms with Gasteiger partial charge in [-0.15, -0.1) is 0 Å². The Morgan fingerprint density at radius 2 is 1.78 bits per heavy atom. The largest absolute Gasteiger partial charge is 0.497 e. The first-order valence-corrected chi connectivity index (χ1v) is 14.1. The van der Waals surface area contributed by atoms with E-state index in [0.717, 1.165) is 43.4 Å². The van der Waals surface area contributed by atoms with Crippen molar-refractivity contribution in [3.05, 3.63) is 100.0 Å². The number of aryl methyl sites for hydroxylation is 2. The summed E-state index contributed by atoms with van der Waals surface area (Å²) in [6.07, 6.45) is 2.04. The molecule has 0 spiro atoms. The van der Waals surface area contributed by atoms with Crippen molar-refractivity contribution in [2.24, 2.45) is 13.0 Å². The quantitative estimate of drug-likeness (QED) is 0.314. The van der Waals surface area contributed by atoms with Crippen LogP contribution in [-0.4, -0.2) is 51.9 Å². The number of rotatable bonds is 7. The Kier molecular flexibility index (Phi) is 7.32. The lowest BCUT2D eigenvalue weighted by Crippen LogP contribution is -2.39. The Morgan fingerprint density at radius 1 is 1.02 bits per heavy atom. The number of amides is 1. The van der Waals surface area contributed by atoms with E-state index in [9.17, 15) is 9.59 Å². The molecule has 0 bridgehead atoms. The summed E-state index contributed by atoms with van der Waals surface area (Å²) in [4.78, 5) is 30.0. The van der Waals surface area contributed by atoms with Gasteiger partial charge in [0.1, 0.15) is 11.3 Å². The molecule has 1 aliphatic heterocycles. The molecule has 6 rings (SSSR count). The van der Waals surface area contributed by atoms with Crippen molar-refractivity contribution in [2.75, 3.05) is 26.7 Å². The number of methoxy groups -OCH3 is 1. The number of carbonyl (C=O) groups is 1. The zero-order valence-corrected chi connectivity index (χ0v) is 23.8. The molecule has 0 radical (unpaired) electrons. The Hall–Kier alpha value is -4.43. The van der Waals surface area contributed by atoms with Crippen molar-refractivity contribution >= 4 is 27.7 Å². The topological polar surface area (TPSA) is 81.4 Å². The maximum absolute atomic E-state index is 13.8. The van der Waals surface area contributed by atoms with Crippen LogP contribution in [0.15, 0.2) is 77.6 Å². The Morgan fingerprint density at radius 3 is 2.51 bits per heavy atom. The molecule has 210 valence electrons. The normalized spacial score (nSPS) is 14.5. The minimum atomic E-state index is -0.276. The van der Waals surface area contributed by atoms with E-state index in [4.69, 9.17) is 4.74 Å². The first-order chi connectivity index (χ1) is 19.9. The molecule has 0 atom stereocenters. The van der Waals surface area contributed by atoms with E-state index in [1.165, 1.54) is 15.8 Å². The fourth-order valence-electron chi connectivity index (χ4n) is 5.97. The van der Waals surface area contributed by atoms with Crippen molar-refractivity contribution in [1.29, 1.82) is 0 Å². The van der Waals surface area contributed by atoms with Crippen LogP contribution in [0, 0.1) is 12.8 Å². The average Bonchev–Trinajstić information content (AvgIpc) is 3.30. The summed E-state index contributed by atoms with van der Waals surface area (Å²) in [6, 6.07) is 23.5. The van der Waals surface area contributed by atoms with Gasteiger partial charge in [0.05, 0.1) is 12.8 Å². The number of aromatic nitrogens is 3. The highest BCUT2D eigenvalue weighted by atomic mass is 16.5.